The smallest absolute Gasteiger partial charge is 0.425 e. The molecule has 26 heavy (non-hydrogen) atoms. The minimum atomic E-state index is -4.67. The highest BCUT2D eigenvalue weighted by atomic mass is 79.9. The van der Waals surface area contributed by atoms with E-state index >= 15 is 0 Å². The van der Waals surface area contributed by atoms with Gasteiger partial charge in [0.2, 0.25) is 0 Å². The Morgan fingerprint density at radius 2 is 1.92 bits per heavy atom. The Labute approximate surface area is 154 Å². The molecular formula is C16H12BrF3N4O2. The summed E-state index contributed by atoms with van der Waals surface area (Å²) < 4.78 is 45.3. The Balaban J connectivity index is 1.92. The van der Waals surface area contributed by atoms with Crippen molar-refractivity contribution in [1.29, 1.82) is 0 Å². The molecule has 136 valence electrons. The van der Waals surface area contributed by atoms with Crippen molar-refractivity contribution in [3.05, 3.63) is 51.5 Å². The molecule has 0 N–H and O–H groups in total. The maximum Gasteiger partial charge on any atom is 0.453 e. The van der Waals surface area contributed by atoms with Gasteiger partial charge in [0.15, 0.2) is 0 Å². The number of nitrogens with zero attached hydrogens (tertiary/aromatic N) is 4. The Kier molecular flexibility index (Phi) is 4.70. The van der Waals surface area contributed by atoms with E-state index in [4.69, 9.17) is 4.74 Å². The van der Waals surface area contributed by atoms with Gasteiger partial charge in [0.1, 0.15) is 5.75 Å². The van der Waals surface area contributed by atoms with Crippen LogP contribution in [0.5, 0.6) is 5.75 Å². The number of carbonyl (C=O) groups is 1. The zero-order valence-electron chi connectivity index (χ0n) is 13.6. The van der Waals surface area contributed by atoms with Crippen LogP contribution in [0.3, 0.4) is 0 Å². The number of alkyl halides is 3. The maximum absolute atomic E-state index is 12.8. The fourth-order valence-corrected chi connectivity index (χ4v) is 2.78. The molecule has 2 heterocycles. The molecule has 0 aliphatic heterocycles. The van der Waals surface area contributed by atoms with Crippen LogP contribution in [0.25, 0.3) is 5.78 Å². The first-order valence-corrected chi connectivity index (χ1v) is 8.21. The van der Waals surface area contributed by atoms with Gasteiger partial charge in [-0.05, 0) is 41.9 Å². The topological polar surface area (TPSA) is 69.4 Å². The van der Waals surface area contributed by atoms with E-state index in [-0.39, 0.29) is 12.2 Å². The lowest BCUT2D eigenvalue weighted by Gasteiger charge is -2.10. The third kappa shape index (κ3) is 3.55. The van der Waals surface area contributed by atoms with Crippen LogP contribution in [-0.4, -0.2) is 25.6 Å². The van der Waals surface area contributed by atoms with Crippen molar-refractivity contribution in [2.24, 2.45) is 0 Å². The minimum Gasteiger partial charge on any atom is -0.425 e. The Hall–Kier alpha value is -2.49. The van der Waals surface area contributed by atoms with Gasteiger partial charge in [-0.2, -0.15) is 18.2 Å². The molecule has 0 aliphatic rings. The average Bonchev–Trinajstić information content (AvgIpc) is 2.98. The van der Waals surface area contributed by atoms with Crippen molar-refractivity contribution in [3.63, 3.8) is 0 Å². The summed E-state index contributed by atoms with van der Waals surface area (Å²) in [6, 6.07) is 6.83. The quantitative estimate of drug-likeness (QED) is 0.470. The highest BCUT2D eigenvalue weighted by Gasteiger charge is 2.37. The number of hydrogen-bond donors (Lipinski definition) is 0. The highest BCUT2D eigenvalue weighted by Crippen LogP contribution is 2.27. The third-order valence-corrected chi connectivity index (χ3v) is 4.34. The van der Waals surface area contributed by atoms with Gasteiger partial charge >= 0.3 is 12.1 Å². The number of hydrogen-bond acceptors (Lipinski definition) is 5. The molecule has 3 rings (SSSR count). The van der Waals surface area contributed by atoms with E-state index in [1.165, 1.54) is 0 Å². The average molecular weight is 429 g/mol. The van der Waals surface area contributed by atoms with Gasteiger partial charge in [0.25, 0.3) is 11.6 Å². The van der Waals surface area contributed by atoms with Crippen LogP contribution in [0.4, 0.5) is 13.2 Å². The number of aryl methyl sites for hydroxylation is 2. The van der Waals surface area contributed by atoms with Gasteiger partial charge in [-0.25, -0.2) is 9.50 Å². The lowest BCUT2D eigenvalue weighted by Crippen LogP contribution is -2.16. The van der Waals surface area contributed by atoms with Crippen LogP contribution in [0.15, 0.2) is 28.7 Å². The second kappa shape index (κ2) is 6.67. The van der Waals surface area contributed by atoms with Crippen LogP contribution >= 0.6 is 15.9 Å². The molecular weight excluding hydrogens is 417 g/mol. The molecule has 10 heteroatoms. The van der Waals surface area contributed by atoms with Crippen LogP contribution in [0, 0.1) is 13.8 Å². The van der Waals surface area contributed by atoms with Crippen LogP contribution < -0.4 is 4.74 Å². The molecule has 0 amide bonds. The maximum atomic E-state index is 12.8. The summed E-state index contributed by atoms with van der Waals surface area (Å²) in [6.45, 7) is 3.15. The molecule has 0 atom stereocenters. The van der Waals surface area contributed by atoms with Crippen LogP contribution in [-0.2, 0) is 17.4 Å². The van der Waals surface area contributed by atoms with E-state index in [2.05, 4.69) is 31.0 Å². The predicted octanol–water partition coefficient (Wildman–Crippen LogP) is 3.67. The van der Waals surface area contributed by atoms with E-state index in [0.717, 1.165) is 4.52 Å². The minimum absolute atomic E-state index is 0.164. The van der Waals surface area contributed by atoms with Crippen molar-refractivity contribution in [3.8, 4) is 5.75 Å². The second-order valence-electron chi connectivity index (χ2n) is 5.49. The van der Waals surface area contributed by atoms with Gasteiger partial charge in [-0.1, -0.05) is 12.1 Å². The Morgan fingerprint density at radius 3 is 2.58 bits per heavy atom. The number of esters is 1. The first kappa shape index (κ1) is 18.3. The van der Waals surface area contributed by atoms with Crippen molar-refractivity contribution in [1.82, 2.24) is 19.6 Å². The van der Waals surface area contributed by atoms with Crippen LogP contribution in [0.2, 0.25) is 0 Å². The SMILES string of the molecule is Cc1nc2nc(C(F)(F)F)nn2c(C)c1CC(=O)Oc1ccccc1Br. The zero-order valence-corrected chi connectivity index (χ0v) is 15.2. The van der Waals surface area contributed by atoms with Gasteiger partial charge < -0.3 is 4.74 Å². The van der Waals surface area contributed by atoms with Crippen molar-refractivity contribution in [2.45, 2.75) is 26.4 Å². The van der Waals surface area contributed by atoms with E-state index < -0.39 is 18.0 Å². The van der Waals surface area contributed by atoms with E-state index in [0.29, 0.717) is 27.2 Å². The molecule has 0 saturated heterocycles. The highest BCUT2D eigenvalue weighted by molar-refractivity contribution is 9.10. The van der Waals surface area contributed by atoms with E-state index in [1.807, 2.05) is 0 Å². The number of halogens is 4. The number of aromatic nitrogens is 4. The zero-order chi connectivity index (χ0) is 19.1. The fraction of sp³-hybridized carbons (Fsp3) is 0.250. The first-order valence-electron chi connectivity index (χ1n) is 7.42. The lowest BCUT2D eigenvalue weighted by atomic mass is 10.1. The van der Waals surface area contributed by atoms with E-state index in [1.54, 1.807) is 38.1 Å². The molecule has 1 aromatic carbocycles. The summed E-state index contributed by atoms with van der Waals surface area (Å²) in [5, 5.41) is 3.45. The summed E-state index contributed by atoms with van der Waals surface area (Å²) in [5.41, 5.74) is 1.17. The molecule has 0 aliphatic carbocycles. The standard InChI is InChI=1S/C16H12BrF3N4O2/c1-8-10(7-13(25)26-12-6-4-3-5-11(12)17)9(2)24-15(21-8)22-14(23-24)16(18,19)20/h3-6H,7H2,1-2H3. The number of rotatable bonds is 3. The summed E-state index contributed by atoms with van der Waals surface area (Å²) in [7, 11) is 0. The monoisotopic (exact) mass is 428 g/mol. The molecule has 0 saturated carbocycles. The Morgan fingerprint density at radius 1 is 1.23 bits per heavy atom. The van der Waals surface area contributed by atoms with Gasteiger partial charge in [-0.15, -0.1) is 5.10 Å². The number of benzene rings is 1. The molecule has 6 nitrogen and oxygen atoms in total. The summed E-state index contributed by atoms with van der Waals surface area (Å²) in [6.07, 6.45) is -4.84. The normalized spacial score (nSPS) is 11.8. The number of fused-ring (bicyclic) bond motifs is 1. The summed E-state index contributed by atoms with van der Waals surface area (Å²) in [4.78, 5) is 19.7. The predicted molar refractivity (Wildman–Crippen MR) is 88.7 cm³/mol. The van der Waals surface area contributed by atoms with Crippen molar-refractivity contribution < 1.29 is 22.7 Å². The summed E-state index contributed by atoms with van der Waals surface area (Å²) >= 11 is 3.27. The molecule has 0 fully saturated rings. The summed E-state index contributed by atoms with van der Waals surface area (Å²) in [5.74, 6) is -1.67. The number of ether oxygens (including phenoxy) is 1. The molecule has 0 unspecified atom stereocenters. The Bertz CT molecular complexity index is 1000. The largest absolute Gasteiger partial charge is 0.453 e. The lowest BCUT2D eigenvalue weighted by molar-refractivity contribution is -0.144. The number of para-hydroxylation sites is 1. The van der Waals surface area contributed by atoms with Gasteiger partial charge in [0, 0.05) is 17.0 Å². The molecule has 0 radical (unpaired) electrons. The first-order chi connectivity index (χ1) is 12.2. The molecule has 2 aromatic heterocycles. The van der Waals surface area contributed by atoms with E-state index in [9.17, 15) is 18.0 Å². The molecule has 0 bridgehead atoms. The van der Waals surface area contributed by atoms with Crippen LogP contribution in [0.1, 0.15) is 22.8 Å². The molecule has 0 spiro atoms. The third-order valence-electron chi connectivity index (χ3n) is 3.68. The van der Waals surface area contributed by atoms with Gasteiger partial charge in [-0.3, -0.25) is 4.79 Å². The van der Waals surface area contributed by atoms with Crippen molar-refractivity contribution >= 4 is 27.7 Å². The number of carbonyl (C=O) groups excluding carboxylic acids is 1. The molecule has 3 aromatic rings. The van der Waals surface area contributed by atoms with Crippen molar-refractivity contribution in [2.75, 3.05) is 0 Å². The fourth-order valence-electron chi connectivity index (χ4n) is 2.41. The van der Waals surface area contributed by atoms with Gasteiger partial charge in [0.05, 0.1) is 10.9 Å². The second-order valence-corrected chi connectivity index (χ2v) is 6.34.